The van der Waals surface area contributed by atoms with Gasteiger partial charge in [-0.15, -0.1) is 5.10 Å². The quantitative estimate of drug-likeness (QED) is 0.601. The molecule has 1 saturated heterocycles. The van der Waals surface area contributed by atoms with E-state index in [1.165, 1.54) is 16.8 Å². The van der Waals surface area contributed by atoms with Gasteiger partial charge in [-0.05, 0) is 51.1 Å². The Balaban J connectivity index is 1.48. The fourth-order valence-electron chi connectivity index (χ4n) is 3.90. The molecule has 0 bridgehead atoms. The van der Waals surface area contributed by atoms with Gasteiger partial charge in [0.05, 0.1) is 10.7 Å². The van der Waals surface area contributed by atoms with Crippen molar-refractivity contribution in [3.63, 3.8) is 0 Å². The number of carbonyl (C=O) groups excluding carboxylic acids is 1. The van der Waals surface area contributed by atoms with Crippen LogP contribution < -0.4 is 10.5 Å². The van der Waals surface area contributed by atoms with Gasteiger partial charge in [0.15, 0.2) is 5.82 Å². The third kappa shape index (κ3) is 4.25. The van der Waals surface area contributed by atoms with Crippen LogP contribution in [0.1, 0.15) is 24.4 Å². The fraction of sp³-hybridized carbons (Fsp3) is 0.364. The molecule has 0 radical (unpaired) electrons. The van der Waals surface area contributed by atoms with E-state index in [0.29, 0.717) is 32.0 Å². The number of benzene rings is 1. The van der Waals surface area contributed by atoms with Crippen molar-refractivity contribution < 1.29 is 9.18 Å². The maximum atomic E-state index is 13.4. The molecule has 1 unspecified atom stereocenters. The molecule has 168 valence electrons. The number of aromatic nitrogens is 4. The standard InChI is InChI=1S/C22H24ClFN6O2/c1-14-12-15(2)29(25-14)20-6-7-21(31)30(26-20)16(3)22(32)28-10-8-27(9-11-28)17-4-5-19(24)18(23)13-17/h4-7,12-13,16H,8-11H2,1-3H3. The first-order chi connectivity index (χ1) is 15.2. The monoisotopic (exact) mass is 458 g/mol. The van der Waals surface area contributed by atoms with Crippen LogP contribution in [0, 0.1) is 19.7 Å². The Bertz CT molecular complexity index is 1220. The molecular formula is C22H24ClFN6O2. The summed E-state index contributed by atoms with van der Waals surface area (Å²) in [7, 11) is 0. The Hall–Kier alpha value is -3.20. The maximum Gasteiger partial charge on any atom is 0.267 e. The van der Waals surface area contributed by atoms with Crippen LogP contribution in [0.2, 0.25) is 5.02 Å². The molecule has 32 heavy (non-hydrogen) atoms. The summed E-state index contributed by atoms with van der Waals surface area (Å²) in [4.78, 5) is 29.4. The van der Waals surface area contributed by atoms with Gasteiger partial charge in [0, 0.05) is 43.6 Å². The van der Waals surface area contributed by atoms with Crippen molar-refractivity contribution in [2.75, 3.05) is 31.1 Å². The second-order valence-corrected chi connectivity index (χ2v) is 8.31. The average Bonchev–Trinajstić information content (AvgIpc) is 3.13. The van der Waals surface area contributed by atoms with Crippen molar-refractivity contribution >= 4 is 23.2 Å². The Morgan fingerprint density at radius 1 is 1.06 bits per heavy atom. The molecule has 3 aromatic rings. The molecule has 1 aromatic carbocycles. The lowest BCUT2D eigenvalue weighted by Crippen LogP contribution is -2.51. The lowest BCUT2D eigenvalue weighted by atomic mass is 10.2. The SMILES string of the molecule is Cc1cc(C)n(-c2ccc(=O)n(C(C)C(=O)N3CCN(c4ccc(F)c(Cl)c4)CC3)n2)n1. The van der Waals surface area contributed by atoms with E-state index in [1.54, 1.807) is 34.7 Å². The first-order valence-electron chi connectivity index (χ1n) is 10.4. The van der Waals surface area contributed by atoms with Crippen LogP contribution in [0.3, 0.4) is 0 Å². The molecule has 1 amide bonds. The van der Waals surface area contributed by atoms with Gasteiger partial charge >= 0.3 is 0 Å². The zero-order valence-electron chi connectivity index (χ0n) is 18.1. The summed E-state index contributed by atoms with van der Waals surface area (Å²) >= 11 is 5.89. The van der Waals surface area contributed by atoms with Crippen molar-refractivity contribution in [3.8, 4) is 5.82 Å². The lowest BCUT2D eigenvalue weighted by molar-refractivity contribution is -0.135. The van der Waals surface area contributed by atoms with Crippen molar-refractivity contribution in [3.05, 3.63) is 69.0 Å². The van der Waals surface area contributed by atoms with Crippen molar-refractivity contribution in [1.29, 1.82) is 0 Å². The number of halogens is 2. The van der Waals surface area contributed by atoms with Gasteiger partial charge in [-0.2, -0.15) is 5.10 Å². The van der Waals surface area contributed by atoms with E-state index in [-0.39, 0.29) is 16.5 Å². The average molecular weight is 459 g/mol. The lowest BCUT2D eigenvalue weighted by Gasteiger charge is -2.37. The highest BCUT2D eigenvalue weighted by Crippen LogP contribution is 2.24. The van der Waals surface area contributed by atoms with Crippen LogP contribution in [0.15, 0.2) is 41.2 Å². The molecule has 1 aliphatic heterocycles. The number of amides is 1. The summed E-state index contributed by atoms with van der Waals surface area (Å²) in [5.74, 6) is -0.159. The molecule has 3 heterocycles. The van der Waals surface area contributed by atoms with Crippen molar-refractivity contribution in [1.82, 2.24) is 24.5 Å². The highest BCUT2D eigenvalue weighted by Gasteiger charge is 2.27. The van der Waals surface area contributed by atoms with E-state index < -0.39 is 11.9 Å². The second kappa shape index (κ2) is 8.74. The molecule has 10 heteroatoms. The predicted octanol–water partition coefficient (Wildman–Crippen LogP) is 2.75. The summed E-state index contributed by atoms with van der Waals surface area (Å²) in [6, 6.07) is 8.76. The van der Waals surface area contributed by atoms with Gasteiger partial charge in [-0.3, -0.25) is 9.59 Å². The first kappa shape index (κ1) is 22.0. The van der Waals surface area contributed by atoms with Crippen LogP contribution in [-0.4, -0.2) is 56.5 Å². The van der Waals surface area contributed by atoms with Gasteiger partial charge in [0.25, 0.3) is 5.56 Å². The number of carbonyl (C=O) groups is 1. The zero-order valence-corrected chi connectivity index (χ0v) is 18.9. The van der Waals surface area contributed by atoms with Crippen molar-refractivity contribution in [2.45, 2.75) is 26.8 Å². The predicted molar refractivity (Wildman–Crippen MR) is 120 cm³/mol. The molecule has 0 spiro atoms. The van der Waals surface area contributed by atoms with Gasteiger partial charge in [-0.25, -0.2) is 13.8 Å². The number of anilines is 1. The zero-order chi connectivity index (χ0) is 23.0. The van der Waals surface area contributed by atoms with Gasteiger partial charge in [0.1, 0.15) is 11.9 Å². The summed E-state index contributed by atoms with van der Waals surface area (Å²) in [6.45, 7) is 7.57. The largest absolute Gasteiger partial charge is 0.368 e. The Labute approximate surface area is 189 Å². The van der Waals surface area contributed by atoms with E-state index in [2.05, 4.69) is 10.2 Å². The van der Waals surface area contributed by atoms with Crippen molar-refractivity contribution in [2.24, 2.45) is 0 Å². The number of rotatable bonds is 4. The van der Waals surface area contributed by atoms with E-state index in [9.17, 15) is 14.0 Å². The highest BCUT2D eigenvalue weighted by atomic mass is 35.5. The molecule has 2 aromatic heterocycles. The molecule has 8 nitrogen and oxygen atoms in total. The topological polar surface area (TPSA) is 76.3 Å². The van der Waals surface area contributed by atoms with Crippen LogP contribution in [0.5, 0.6) is 0 Å². The fourth-order valence-corrected chi connectivity index (χ4v) is 4.08. The van der Waals surface area contributed by atoms with Gasteiger partial charge < -0.3 is 9.80 Å². The molecule has 0 saturated carbocycles. The second-order valence-electron chi connectivity index (χ2n) is 7.90. The van der Waals surface area contributed by atoms with Gasteiger partial charge in [0.2, 0.25) is 5.91 Å². The molecule has 1 fully saturated rings. The van der Waals surface area contributed by atoms with E-state index in [4.69, 9.17) is 11.6 Å². The van der Waals surface area contributed by atoms with E-state index in [0.717, 1.165) is 17.1 Å². The van der Waals surface area contributed by atoms with Crippen LogP contribution in [-0.2, 0) is 4.79 Å². The number of piperazine rings is 1. The van der Waals surface area contributed by atoms with E-state index in [1.807, 2.05) is 24.8 Å². The summed E-state index contributed by atoms with van der Waals surface area (Å²) in [6.07, 6.45) is 0. The summed E-state index contributed by atoms with van der Waals surface area (Å²) in [5.41, 5.74) is 2.19. The molecule has 4 rings (SSSR count). The summed E-state index contributed by atoms with van der Waals surface area (Å²) < 4.78 is 16.3. The number of nitrogens with zero attached hydrogens (tertiary/aromatic N) is 6. The maximum absolute atomic E-state index is 13.4. The molecule has 1 aliphatic rings. The van der Waals surface area contributed by atoms with Crippen LogP contribution in [0.4, 0.5) is 10.1 Å². The van der Waals surface area contributed by atoms with Crippen LogP contribution >= 0.6 is 11.6 Å². The number of aryl methyl sites for hydroxylation is 2. The minimum atomic E-state index is -0.758. The molecule has 0 N–H and O–H groups in total. The number of hydrogen-bond donors (Lipinski definition) is 0. The Kier molecular flexibility index (Phi) is 6.01. The third-order valence-electron chi connectivity index (χ3n) is 5.62. The normalized spacial score (nSPS) is 15.2. The number of hydrogen-bond acceptors (Lipinski definition) is 5. The Morgan fingerprint density at radius 2 is 1.78 bits per heavy atom. The summed E-state index contributed by atoms with van der Waals surface area (Å²) in [5, 5.41) is 8.88. The minimum absolute atomic E-state index is 0.0718. The minimum Gasteiger partial charge on any atom is -0.368 e. The Morgan fingerprint density at radius 3 is 2.41 bits per heavy atom. The van der Waals surface area contributed by atoms with E-state index >= 15 is 0 Å². The van der Waals surface area contributed by atoms with Crippen LogP contribution in [0.25, 0.3) is 5.82 Å². The highest BCUT2D eigenvalue weighted by molar-refractivity contribution is 6.31. The molecule has 1 atom stereocenters. The third-order valence-corrected chi connectivity index (χ3v) is 5.91. The molecular weight excluding hydrogens is 435 g/mol. The smallest absolute Gasteiger partial charge is 0.267 e. The first-order valence-corrected chi connectivity index (χ1v) is 10.7. The molecule has 0 aliphatic carbocycles. The van der Waals surface area contributed by atoms with Gasteiger partial charge in [-0.1, -0.05) is 11.6 Å².